The van der Waals surface area contributed by atoms with Crippen molar-refractivity contribution in [1.82, 2.24) is 30.1 Å². The van der Waals surface area contributed by atoms with Gasteiger partial charge in [0.1, 0.15) is 18.0 Å². The maximum Gasteiger partial charge on any atom is 0.343 e. The fourth-order valence-electron chi connectivity index (χ4n) is 5.45. The molecule has 0 bridgehead atoms. The number of piperazine rings is 1. The molecule has 226 valence electrons. The van der Waals surface area contributed by atoms with Gasteiger partial charge in [-0.2, -0.15) is 5.01 Å². The molecule has 2 fully saturated rings. The summed E-state index contributed by atoms with van der Waals surface area (Å²) < 4.78 is 11.0. The summed E-state index contributed by atoms with van der Waals surface area (Å²) in [6, 6.07) is 11.5. The minimum Gasteiger partial charge on any atom is -0.482 e. The number of hydrogen-bond donors (Lipinski definition) is 2. The fraction of sp³-hybridized carbons (Fsp3) is 0.345. The van der Waals surface area contributed by atoms with E-state index in [0.717, 1.165) is 21.3 Å². The molecule has 0 saturated carbocycles. The minimum absolute atomic E-state index is 0.0674. The number of ether oxygens (including phenoxy) is 2. The largest absolute Gasteiger partial charge is 0.482 e. The molecule has 13 nitrogen and oxygen atoms in total. The average molecular weight is 608 g/mol. The summed E-state index contributed by atoms with van der Waals surface area (Å²) >= 11 is 1.38. The first-order valence-electron chi connectivity index (χ1n) is 13.6. The van der Waals surface area contributed by atoms with Crippen LogP contribution in [0.1, 0.15) is 11.1 Å². The SMILES string of the molecule is C=CCN(C(=O)NC)N1CC(=O)N2[C@@H](Cc3ccc(OCC(=O)OC)cc3)C(=O)N(Cc3cccc4sc(N)nc34)C[C@@H]21. The quantitative estimate of drug-likeness (QED) is 0.259. The number of fused-ring (bicyclic) bond motifs is 2. The van der Waals surface area contributed by atoms with Crippen molar-refractivity contribution in [2.75, 3.05) is 46.1 Å². The average Bonchev–Trinajstić information content (AvgIpc) is 3.55. The first-order valence-corrected chi connectivity index (χ1v) is 14.4. The van der Waals surface area contributed by atoms with Crippen LogP contribution in [0, 0.1) is 0 Å². The highest BCUT2D eigenvalue weighted by Crippen LogP contribution is 2.32. The molecule has 3 N–H and O–H groups in total. The standard InChI is InChI=1S/C29H33N7O6S/c1-4-12-34(29(40)31-2)35-16-24(37)36-21(13-18-8-10-20(11-9-18)42-17-25(38)41-3)27(39)33(15-23(35)36)14-19-6-5-7-22-26(19)32-28(30)43-22/h4-11,21,23H,1,12-17H2,2-3H3,(H2,30,32)(H,31,40)/t21-,23+/m0/s1. The summed E-state index contributed by atoms with van der Waals surface area (Å²) in [7, 11) is 2.80. The molecule has 2 aromatic carbocycles. The van der Waals surface area contributed by atoms with Gasteiger partial charge < -0.3 is 30.3 Å². The van der Waals surface area contributed by atoms with E-state index in [9.17, 15) is 19.2 Å². The number of carbonyl (C=O) groups is 4. The first kappa shape index (κ1) is 29.8. The van der Waals surface area contributed by atoms with Gasteiger partial charge in [0, 0.05) is 20.0 Å². The van der Waals surface area contributed by atoms with E-state index in [4.69, 9.17) is 10.5 Å². The Hall–Kier alpha value is -4.69. The first-order chi connectivity index (χ1) is 20.7. The lowest BCUT2D eigenvalue weighted by Gasteiger charge is -2.46. The van der Waals surface area contributed by atoms with Crippen molar-refractivity contribution in [1.29, 1.82) is 0 Å². The van der Waals surface area contributed by atoms with Crippen molar-refractivity contribution in [3.05, 3.63) is 66.2 Å². The lowest BCUT2D eigenvalue weighted by molar-refractivity contribution is -0.157. The van der Waals surface area contributed by atoms with Gasteiger partial charge in [0.15, 0.2) is 11.7 Å². The second kappa shape index (κ2) is 12.7. The summed E-state index contributed by atoms with van der Waals surface area (Å²) in [5.41, 5.74) is 8.34. The van der Waals surface area contributed by atoms with Crippen LogP contribution in [0.5, 0.6) is 5.75 Å². The molecule has 0 unspecified atom stereocenters. The number of aromatic nitrogens is 1. The van der Waals surface area contributed by atoms with Crippen molar-refractivity contribution < 1.29 is 28.7 Å². The maximum atomic E-state index is 14.1. The molecule has 3 heterocycles. The summed E-state index contributed by atoms with van der Waals surface area (Å²) in [6.07, 6.45) is 1.23. The molecular weight excluding hydrogens is 574 g/mol. The summed E-state index contributed by atoms with van der Waals surface area (Å²) in [5, 5.41) is 6.20. The molecule has 2 saturated heterocycles. The number of nitrogens with two attached hydrogens (primary N) is 1. The van der Waals surface area contributed by atoms with E-state index >= 15 is 0 Å². The second-order valence-corrected chi connectivity index (χ2v) is 11.1. The molecule has 1 aromatic heterocycles. The van der Waals surface area contributed by atoms with Crippen molar-refractivity contribution >= 4 is 50.5 Å². The Kier molecular flexibility index (Phi) is 8.78. The van der Waals surface area contributed by atoms with E-state index in [-0.39, 0.29) is 57.1 Å². The maximum absolute atomic E-state index is 14.1. The molecule has 0 aliphatic carbocycles. The van der Waals surface area contributed by atoms with Crippen LogP contribution >= 0.6 is 11.3 Å². The number of anilines is 1. The van der Waals surface area contributed by atoms with Gasteiger partial charge in [0.25, 0.3) is 0 Å². The zero-order chi connectivity index (χ0) is 30.7. The number of amides is 4. The van der Waals surface area contributed by atoms with Gasteiger partial charge >= 0.3 is 12.0 Å². The van der Waals surface area contributed by atoms with Crippen LogP contribution in [0.15, 0.2) is 55.1 Å². The highest BCUT2D eigenvalue weighted by Gasteiger charge is 2.52. The number of nitrogens with one attached hydrogen (secondary N) is 1. The van der Waals surface area contributed by atoms with Crippen LogP contribution in [0.25, 0.3) is 10.2 Å². The molecule has 0 spiro atoms. The van der Waals surface area contributed by atoms with Crippen LogP contribution in [0.3, 0.4) is 0 Å². The van der Waals surface area contributed by atoms with Gasteiger partial charge in [0.05, 0.1) is 37.0 Å². The van der Waals surface area contributed by atoms with Gasteiger partial charge in [-0.3, -0.25) is 14.6 Å². The lowest BCUT2D eigenvalue weighted by Crippen LogP contribution is -2.65. The Labute approximate surface area is 252 Å². The van der Waals surface area contributed by atoms with E-state index in [2.05, 4.69) is 21.6 Å². The predicted octanol–water partition coefficient (Wildman–Crippen LogP) is 1.60. The zero-order valence-corrected chi connectivity index (χ0v) is 24.7. The molecule has 14 heteroatoms. The molecule has 2 aliphatic heterocycles. The number of esters is 1. The molecule has 43 heavy (non-hydrogen) atoms. The number of para-hydroxylation sites is 1. The van der Waals surface area contributed by atoms with E-state index < -0.39 is 18.2 Å². The smallest absolute Gasteiger partial charge is 0.343 e. The fourth-order valence-corrected chi connectivity index (χ4v) is 6.23. The number of carbonyl (C=O) groups excluding carboxylic acids is 4. The number of methoxy groups -OCH3 is 1. The van der Waals surface area contributed by atoms with E-state index in [1.54, 1.807) is 45.2 Å². The van der Waals surface area contributed by atoms with Gasteiger partial charge in [-0.25, -0.2) is 14.6 Å². The van der Waals surface area contributed by atoms with E-state index in [1.807, 2.05) is 18.2 Å². The number of nitrogen functional groups attached to an aromatic ring is 1. The number of urea groups is 1. The second-order valence-electron chi connectivity index (χ2n) is 10.1. The third-order valence-corrected chi connectivity index (χ3v) is 8.29. The van der Waals surface area contributed by atoms with Crippen molar-refractivity contribution in [2.45, 2.75) is 25.2 Å². The molecule has 5 rings (SSSR count). The van der Waals surface area contributed by atoms with Crippen LogP contribution in [-0.4, -0.2) is 101 Å². The third-order valence-electron chi connectivity index (χ3n) is 7.44. The van der Waals surface area contributed by atoms with Crippen LogP contribution < -0.4 is 15.8 Å². The number of nitrogens with zero attached hydrogens (tertiary/aromatic N) is 5. The molecule has 4 amide bonds. The molecular formula is C29H33N7O6S. The summed E-state index contributed by atoms with van der Waals surface area (Å²) in [4.78, 5) is 59.7. The number of rotatable bonds is 10. The summed E-state index contributed by atoms with van der Waals surface area (Å²) in [5.74, 6) is -0.507. The number of hydrazine groups is 1. The van der Waals surface area contributed by atoms with Crippen LogP contribution in [0.4, 0.5) is 9.93 Å². The van der Waals surface area contributed by atoms with Crippen molar-refractivity contribution in [2.24, 2.45) is 0 Å². The number of thiazole rings is 1. The number of benzene rings is 2. The molecule has 0 radical (unpaired) electrons. The third kappa shape index (κ3) is 6.10. The highest BCUT2D eigenvalue weighted by molar-refractivity contribution is 7.22. The topological polar surface area (TPSA) is 151 Å². The van der Waals surface area contributed by atoms with Crippen molar-refractivity contribution in [3.63, 3.8) is 0 Å². The number of hydrogen-bond acceptors (Lipinski definition) is 10. The predicted molar refractivity (Wildman–Crippen MR) is 160 cm³/mol. The Bertz CT molecular complexity index is 1540. The Morgan fingerprint density at radius 1 is 1.23 bits per heavy atom. The zero-order valence-electron chi connectivity index (χ0n) is 23.9. The molecule has 2 aliphatic rings. The Balaban J connectivity index is 1.46. The lowest BCUT2D eigenvalue weighted by atomic mass is 9.99. The van der Waals surface area contributed by atoms with Crippen LogP contribution in [-0.2, 0) is 32.1 Å². The molecule has 2 atom stereocenters. The van der Waals surface area contributed by atoms with Gasteiger partial charge in [-0.1, -0.05) is 41.7 Å². The Morgan fingerprint density at radius 3 is 2.70 bits per heavy atom. The van der Waals surface area contributed by atoms with Crippen molar-refractivity contribution in [3.8, 4) is 5.75 Å². The monoisotopic (exact) mass is 607 g/mol. The van der Waals surface area contributed by atoms with Gasteiger partial charge in [-0.05, 0) is 29.3 Å². The summed E-state index contributed by atoms with van der Waals surface area (Å²) in [6.45, 7) is 4.09. The highest BCUT2D eigenvalue weighted by atomic mass is 32.1. The van der Waals surface area contributed by atoms with E-state index in [0.29, 0.717) is 10.9 Å². The molecule has 3 aromatic rings. The normalized spacial score (nSPS) is 18.5. The minimum atomic E-state index is -0.826. The van der Waals surface area contributed by atoms with Crippen LogP contribution in [0.2, 0.25) is 0 Å². The van der Waals surface area contributed by atoms with E-state index in [1.165, 1.54) is 30.5 Å². The Morgan fingerprint density at radius 2 is 2.00 bits per heavy atom. The van der Waals surface area contributed by atoms with Gasteiger partial charge in [0.2, 0.25) is 11.8 Å². The van der Waals surface area contributed by atoms with Gasteiger partial charge in [-0.15, -0.1) is 6.58 Å².